The molecule has 100 valence electrons. The van der Waals surface area contributed by atoms with Crippen LogP contribution in [0.1, 0.15) is 37.9 Å². The number of nitrogens with one attached hydrogen (secondary N) is 1. The third kappa shape index (κ3) is 3.54. The van der Waals surface area contributed by atoms with Crippen molar-refractivity contribution in [3.8, 4) is 0 Å². The molecule has 0 unspecified atom stereocenters. The maximum Gasteiger partial charge on any atom is 0.266 e. The minimum atomic E-state index is 0.0870. The zero-order chi connectivity index (χ0) is 13.0. The van der Waals surface area contributed by atoms with Gasteiger partial charge in [0.15, 0.2) is 0 Å². The Morgan fingerprint density at radius 1 is 1.50 bits per heavy atom. The van der Waals surface area contributed by atoms with Crippen LogP contribution in [0.5, 0.6) is 0 Å². The summed E-state index contributed by atoms with van der Waals surface area (Å²) in [4.78, 5) is 16.2. The summed E-state index contributed by atoms with van der Waals surface area (Å²) >= 11 is 2.05. The van der Waals surface area contributed by atoms with E-state index in [0.717, 1.165) is 25.3 Å². The second-order valence-electron chi connectivity index (χ2n) is 4.90. The van der Waals surface area contributed by atoms with E-state index in [-0.39, 0.29) is 5.56 Å². The van der Waals surface area contributed by atoms with E-state index in [4.69, 9.17) is 0 Å². The third-order valence-electron chi connectivity index (χ3n) is 3.55. The highest BCUT2D eigenvalue weighted by molar-refractivity contribution is 14.1. The molecule has 1 aromatic heterocycles. The maximum absolute atomic E-state index is 11.9. The molecule has 0 spiro atoms. The van der Waals surface area contributed by atoms with Gasteiger partial charge in [0.1, 0.15) is 5.82 Å². The quantitative estimate of drug-likeness (QED) is 0.645. The predicted octanol–water partition coefficient (Wildman–Crippen LogP) is 2.08. The molecular weight excluding hydrogens is 341 g/mol. The van der Waals surface area contributed by atoms with Crippen LogP contribution in [-0.4, -0.2) is 22.1 Å². The zero-order valence-electron chi connectivity index (χ0n) is 10.8. The minimum Gasteiger partial charge on any atom is -0.314 e. The third-order valence-corrected chi connectivity index (χ3v) is 4.29. The van der Waals surface area contributed by atoms with E-state index in [1.807, 2.05) is 29.5 Å². The number of nitrogens with zero attached hydrogens (tertiary/aromatic N) is 2. The van der Waals surface area contributed by atoms with Gasteiger partial charge in [0.2, 0.25) is 0 Å². The summed E-state index contributed by atoms with van der Waals surface area (Å²) < 4.78 is 2.47. The first-order chi connectivity index (χ1) is 8.68. The van der Waals surface area contributed by atoms with Crippen molar-refractivity contribution in [3.63, 3.8) is 0 Å². The van der Waals surface area contributed by atoms with E-state index < -0.39 is 0 Å². The molecule has 0 atom stereocenters. The fourth-order valence-electron chi connectivity index (χ4n) is 2.49. The van der Waals surface area contributed by atoms with Gasteiger partial charge in [-0.1, -0.05) is 12.8 Å². The molecule has 0 saturated heterocycles. The standard InChI is InChI=1S/C13H20IN3O/c1-10-16-9-12(14)13(18)17(10)8-4-7-15-11-5-2-3-6-11/h9,11,15H,2-8H2,1H3. The van der Waals surface area contributed by atoms with Gasteiger partial charge in [-0.2, -0.15) is 0 Å². The molecular formula is C13H20IN3O. The molecule has 1 N–H and O–H groups in total. The van der Waals surface area contributed by atoms with E-state index in [1.165, 1.54) is 25.7 Å². The van der Waals surface area contributed by atoms with Crippen molar-refractivity contribution in [1.29, 1.82) is 0 Å². The van der Waals surface area contributed by atoms with Crippen molar-refractivity contribution < 1.29 is 0 Å². The first-order valence-corrected chi connectivity index (χ1v) is 7.71. The number of halogens is 1. The Labute approximate surface area is 121 Å². The summed E-state index contributed by atoms with van der Waals surface area (Å²) in [7, 11) is 0. The highest BCUT2D eigenvalue weighted by Crippen LogP contribution is 2.17. The zero-order valence-corrected chi connectivity index (χ0v) is 12.9. The first kappa shape index (κ1) is 14.0. The molecule has 1 saturated carbocycles. The van der Waals surface area contributed by atoms with E-state index >= 15 is 0 Å². The molecule has 5 heteroatoms. The molecule has 0 bridgehead atoms. The fourth-order valence-corrected chi connectivity index (χ4v) is 2.92. The number of aromatic nitrogens is 2. The summed E-state index contributed by atoms with van der Waals surface area (Å²) in [6.45, 7) is 3.64. The smallest absolute Gasteiger partial charge is 0.266 e. The summed E-state index contributed by atoms with van der Waals surface area (Å²) in [5, 5.41) is 3.57. The van der Waals surface area contributed by atoms with Crippen molar-refractivity contribution in [2.24, 2.45) is 0 Å². The van der Waals surface area contributed by atoms with Crippen molar-refractivity contribution in [2.75, 3.05) is 6.54 Å². The normalized spacial score (nSPS) is 16.3. The van der Waals surface area contributed by atoms with E-state index in [1.54, 1.807) is 10.8 Å². The molecule has 4 nitrogen and oxygen atoms in total. The van der Waals surface area contributed by atoms with Gasteiger partial charge in [0.25, 0.3) is 5.56 Å². The highest BCUT2D eigenvalue weighted by Gasteiger charge is 2.13. The van der Waals surface area contributed by atoms with Crippen LogP contribution >= 0.6 is 22.6 Å². The summed E-state index contributed by atoms with van der Waals surface area (Å²) in [5.74, 6) is 0.807. The van der Waals surface area contributed by atoms with Crippen LogP contribution in [-0.2, 0) is 6.54 Å². The van der Waals surface area contributed by atoms with Crippen molar-refractivity contribution in [2.45, 2.75) is 51.6 Å². The number of aryl methyl sites for hydroxylation is 1. The van der Waals surface area contributed by atoms with Gasteiger partial charge in [-0.25, -0.2) is 4.98 Å². The average molecular weight is 361 g/mol. The lowest BCUT2D eigenvalue weighted by atomic mass is 10.2. The number of hydrogen-bond donors (Lipinski definition) is 1. The van der Waals surface area contributed by atoms with Crippen molar-refractivity contribution >= 4 is 22.6 Å². The van der Waals surface area contributed by atoms with Gasteiger partial charge in [0.05, 0.1) is 3.57 Å². The molecule has 2 rings (SSSR count). The molecule has 1 aliphatic carbocycles. The van der Waals surface area contributed by atoms with Crippen LogP contribution in [0.3, 0.4) is 0 Å². The Kier molecular flexibility index (Phi) is 5.17. The lowest BCUT2D eigenvalue weighted by Gasteiger charge is -2.13. The molecule has 0 amide bonds. The van der Waals surface area contributed by atoms with Gasteiger partial charge in [-0.05, 0) is 55.3 Å². The first-order valence-electron chi connectivity index (χ1n) is 6.64. The average Bonchev–Trinajstić information content (AvgIpc) is 2.86. The van der Waals surface area contributed by atoms with Crippen LogP contribution in [0.15, 0.2) is 11.0 Å². The second kappa shape index (κ2) is 6.65. The van der Waals surface area contributed by atoms with Crippen LogP contribution in [0, 0.1) is 10.5 Å². The van der Waals surface area contributed by atoms with Crippen molar-refractivity contribution in [3.05, 3.63) is 25.9 Å². The topological polar surface area (TPSA) is 46.9 Å². The predicted molar refractivity (Wildman–Crippen MR) is 80.8 cm³/mol. The Balaban J connectivity index is 1.82. The monoisotopic (exact) mass is 361 g/mol. The number of rotatable bonds is 5. The van der Waals surface area contributed by atoms with Gasteiger partial charge >= 0.3 is 0 Å². The van der Waals surface area contributed by atoms with Gasteiger partial charge in [-0.15, -0.1) is 0 Å². The molecule has 18 heavy (non-hydrogen) atoms. The van der Waals surface area contributed by atoms with Gasteiger partial charge < -0.3 is 5.32 Å². The summed E-state index contributed by atoms with van der Waals surface area (Å²) in [6.07, 6.45) is 7.96. The molecule has 1 heterocycles. The largest absolute Gasteiger partial charge is 0.314 e. The molecule has 1 fully saturated rings. The Morgan fingerprint density at radius 2 is 2.22 bits per heavy atom. The highest BCUT2D eigenvalue weighted by atomic mass is 127. The molecule has 0 aromatic carbocycles. The molecule has 1 aliphatic rings. The molecule has 0 radical (unpaired) electrons. The molecule has 1 aromatic rings. The lowest BCUT2D eigenvalue weighted by Crippen LogP contribution is -2.30. The number of hydrogen-bond acceptors (Lipinski definition) is 3. The van der Waals surface area contributed by atoms with E-state index in [2.05, 4.69) is 10.3 Å². The van der Waals surface area contributed by atoms with Crippen molar-refractivity contribution in [1.82, 2.24) is 14.9 Å². The lowest BCUT2D eigenvalue weighted by molar-refractivity contribution is 0.486. The van der Waals surface area contributed by atoms with E-state index in [0.29, 0.717) is 9.61 Å². The maximum atomic E-state index is 11.9. The van der Waals surface area contributed by atoms with Crippen LogP contribution in [0.25, 0.3) is 0 Å². The van der Waals surface area contributed by atoms with E-state index in [9.17, 15) is 4.79 Å². The van der Waals surface area contributed by atoms with Gasteiger partial charge in [-0.3, -0.25) is 9.36 Å². The Morgan fingerprint density at radius 3 is 2.94 bits per heavy atom. The molecule has 0 aliphatic heterocycles. The Hall–Kier alpha value is -0.430. The fraction of sp³-hybridized carbons (Fsp3) is 0.692. The second-order valence-corrected chi connectivity index (χ2v) is 6.06. The summed E-state index contributed by atoms with van der Waals surface area (Å²) in [6, 6.07) is 0.705. The minimum absolute atomic E-state index is 0.0870. The van der Waals surface area contributed by atoms with Crippen LogP contribution in [0.4, 0.5) is 0 Å². The van der Waals surface area contributed by atoms with Crippen LogP contribution < -0.4 is 10.9 Å². The van der Waals surface area contributed by atoms with Crippen LogP contribution in [0.2, 0.25) is 0 Å². The summed E-state index contributed by atoms with van der Waals surface area (Å²) in [5.41, 5.74) is 0.0870. The SMILES string of the molecule is Cc1ncc(I)c(=O)n1CCCNC1CCCC1. The van der Waals surface area contributed by atoms with Gasteiger partial charge in [0, 0.05) is 18.8 Å². The Bertz CT molecular complexity index is 452.